The van der Waals surface area contributed by atoms with Crippen molar-refractivity contribution in [1.82, 2.24) is 0 Å². The van der Waals surface area contributed by atoms with E-state index in [2.05, 4.69) is 4.79 Å². The van der Waals surface area contributed by atoms with Crippen LogP contribution in [0.5, 0.6) is 0 Å². The topological polar surface area (TPSA) is 56.7 Å². The summed E-state index contributed by atoms with van der Waals surface area (Å²) in [5, 5.41) is 0. The van der Waals surface area contributed by atoms with Crippen LogP contribution in [0.1, 0.15) is 15.9 Å². The smallest absolute Gasteiger partial charge is 0.288 e. The van der Waals surface area contributed by atoms with Crippen molar-refractivity contribution in [3.05, 3.63) is 71.3 Å². The third-order valence-electron chi connectivity index (χ3n) is 2.84. The summed E-state index contributed by atoms with van der Waals surface area (Å²) < 4.78 is 0. The van der Waals surface area contributed by atoms with Crippen LogP contribution in [-0.4, -0.2) is 24.0 Å². The van der Waals surface area contributed by atoms with Crippen molar-refractivity contribution in [1.29, 1.82) is 0 Å². The van der Waals surface area contributed by atoms with Gasteiger partial charge in [-0.05, 0) is 24.3 Å². The van der Waals surface area contributed by atoms with Crippen LogP contribution in [0.4, 0.5) is 5.69 Å². The molecule has 0 saturated carbocycles. The minimum Gasteiger partial charge on any atom is -0.361 e. The van der Waals surface area contributed by atoms with Gasteiger partial charge in [-0.15, -0.1) is 0 Å². The van der Waals surface area contributed by atoms with Gasteiger partial charge in [0.2, 0.25) is 0 Å². The van der Waals surface area contributed by atoms with Gasteiger partial charge in [0.25, 0.3) is 12.1 Å². The standard InChI is InChI=1S/C15H13N3O/c1-18(13-8-3-2-4-9-13)15(19)14-10-6-5-7-12(14)11-17-16/h2-11H,1H3. The predicted octanol–water partition coefficient (Wildman–Crippen LogP) is 2.61. The minimum atomic E-state index is -0.151. The lowest BCUT2D eigenvalue weighted by molar-refractivity contribution is 0.00449. The number of carbonyl (C=O) groups excluding carboxylic acids is 1. The molecule has 0 fully saturated rings. The Kier molecular flexibility index (Phi) is 3.86. The van der Waals surface area contributed by atoms with Crippen molar-refractivity contribution in [2.24, 2.45) is 0 Å². The van der Waals surface area contributed by atoms with Crippen LogP contribution in [0.15, 0.2) is 54.6 Å². The molecule has 0 aromatic heterocycles. The van der Waals surface area contributed by atoms with Crippen molar-refractivity contribution >= 4 is 17.8 Å². The van der Waals surface area contributed by atoms with Gasteiger partial charge in [0.1, 0.15) is 0 Å². The maximum Gasteiger partial charge on any atom is 0.288 e. The third kappa shape index (κ3) is 2.76. The summed E-state index contributed by atoms with van der Waals surface area (Å²) in [6.07, 6.45) is 1.26. The molecule has 0 saturated heterocycles. The van der Waals surface area contributed by atoms with Crippen molar-refractivity contribution in [2.45, 2.75) is 0 Å². The zero-order chi connectivity index (χ0) is 13.7. The van der Waals surface area contributed by atoms with Gasteiger partial charge < -0.3 is 10.4 Å². The molecule has 4 heteroatoms. The molecule has 0 heterocycles. The average Bonchev–Trinajstić information content (AvgIpc) is 2.47. The van der Waals surface area contributed by atoms with E-state index < -0.39 is 0 Å². The SMILES string of the molecule is CN(C(=O)c1ccccc1C=[N+]=[N-])c1ccccc1. The van der Waals surface area contributed by atoms with Crippen molar-refractivity contribution in [3.8, 4) is 0 Å². The summed E-state index contributed by atoms with van der Waals surface area (Å²) in [7, 11) is 1.71. The van der Waals surface area contributed by atoms with Crippen LogP contribution >= 0.6 is 0 Å². The number of amides is 1. The molecule has 0 atom stereocenters. The Hall–Kier alpha value is -2.71. The number of rotatable bonds is 3. The largest absolute Gasteiger partial charge is 0.361 e. The zero-order valence-corrected chi connectivity index (χ0v) is 10.5. The molecule has 0 unspecified atom stereocenters. The van der Waals surface area contributed by atoms with E-state index in [1.165, 1.54) is 6.21 Å². The fraction of sp³-hybridized carbons (Fsp3) is 0.0667. The van der Waals surface area contributed by atoms with Crippen LogP contribution in [0.3, 0.4) is 0 Å². The molecule has 0 bridgehead atoms. The molecular formula is C15H13N3O. The van der Waals surface area contributed by atoms with E-state index in [1.807, 2.05) is 30.3 Å². The monoisotopic (exact) mass is 251 g/mol. The fourth-order valence-electron chi connectivity index (χ4n) is 1.82. The van der Waals surface area contributed by atoms with Crippen LogP contribution in [0.25, 0.3) is 5.53 Å². The molecule has 94 valence electrons. The van der Waals surface area contributed by atoms with Crippen molar-refractivity contribution in [3.63, 3.8) is 0 Å². The van der Waals surface area contributed by atoms with E-state index in [4.69, 9.17) is 5.53 Å². The van der Waals surface area contributed by atoms with Crippen LogP contribution in [-0.2, 0) is 0 Å². The molecule has 4 nitrogen and oxygen atoms in total. The van der Waals surface area contributed by atoms with Crippen molar-refractivity contribution in [2.75, 3.05) is 11.9 Å². The summed E-state index contributed by atoms with van der Waals surface area (Å²) in [5.74, 6) is -0.151. The molecule has 2 aromatic rings. The second kappa shape index (κ2) is 5.76. The number of benzene rings is 2. The van der Waals surface area contributed by atoms with Crippen molar-refractivity contribution < 1.29 is 9.58 Å². The van der Waals surface area contributed by atoms with Gasteiger partial charge in [0.05, 0.1) is 11.1 Å². The van der Waals surface area contributed by atoms with Gasteiger partial charge in [0.15, 0.2) is 0 Å². The number of carbonyl (C=O) groups is 1. The first-order valence-corrected chi connectivity index (χ1v) is 5.83. The van der Waals surface area contributed by atoms with E-state index in [0.29, 0.717) is 11.1 Å². The van der Waals surface area contributed by atoms with Gasteiger partial charge >= 0.3 is 0 Å². The molecule has 1 amide bonds. The Morgan fingerprint density at radius 2 is 1.74 bits per heavy atom. The molecule has 0 aliphatic heterocycles. The second-order valence-electron chi connectivity index (χ2n) is 4.03. The summed E-state index contributed by atoms with van der Waals surface area (Å²) in [6, 6.07) is 16.4. The van der Waals surface area contributed by atoms with Gasteiger partial charge in [-0.3, -0.25) is 4.79 Å². The van der Waals surface area contributed by atoms with Crippen LogP contribution < -0.4 is 4.90 Å². The lowest BCUT2D eigenvalue weighted by Crippen LogP contribution is -2.27. The Morgan fingerprint density at radius 1 is 1.11 bits per heavy atom. The number of hydrogen-bond donors (Lipinski definition) is 0. The number of para-hydroxylation sites is 1. The van der Waals surface area contributed by atoms with E-state index in [-0.39, 0.29) is 5.91 Å². The van der Waals surface area contributed by atoms with Gasteiger partial charge in [-0.2, -0.15) is 4.79 Å². The Bertz CT molecular complexity index is 631. The number of hydrogen-bond acceptors (Lipinski definition) is 1. The van der Waals surface area contributed by atoms with Gasteiger partial charge in [-0.1, -0.05) is 30.3 Å². The van der Waals surface area contributed by atoms with E-state index in [0.717, 1.165) is 5.69 Å². The van der Waals surface area contributed by atoms with Gasteiger partial charge in [0, 0.05) is 12.7 Å². The maximum atomic E-state index is 12.4. The first-order chi connectivity index (χ1) is 9.24. The normalized spacial score (nSPS) is 9.53. The van der Waals surface area contributed by atoms with Gasteiger partial charge in [-0.25, -0.2) is 0 Å². The highest BCUT2D eigenvalue weighted by Crippen LogP contribution is 2.16. The predicted molar refractivity (Wildman–Crippen MR) is 74.4 cm³/mol. The third-order valence-corrected chi connectivity index (χ3v) is 2.84. The molecule has 19 heavy (non-hydrogen) atoms. The highest BCUT2D eigenvalue weighted by atomic mass is 16.2. The quantitative estimate of drug-likeness (QED) is 0.470. The van der Waals surface area contributed by atoms with Crippen LogP contribution in [0, 0.1) is 0 Å². The zero-order valence-electron chi connectivity index (χ0n) is 10.5. The number of nitrogens with zero attached hydrogens (tertiary/aromatic N) is 3. The molecular weight excluding hydrogens is 238 g/mol. The Balaban J connectivity index is 2.37. The lowest BCUT2D eigenvalue weighted by Gasteiger charge is -2.17. The first kappa shape index (κ1) is 12.7. The molecule has 2 rings (SSSR count). The summed E-state index contributed by atoms with van der Waals surface area (Å²) in [6.45, 7) is 0. The molecule has 0 radical (unpaired) electrons. The molecule has 0 aliphatic carbocycles. The highest BCUT2D eigenvalue weighted by molar-refractivity contribution is 6.09. The molecule has 0 spiro atoms. The van der Waals surface area contributed by atoms with E-state index in [1.54, 1.807) is 36.2 Å². The van der Waals surface area contributed by atoms with E-state index >= 15 is 0 Å². The molecule has 2 aromatic carbocycles. The highest BCUT2D eigenvalue weighted by Gasteiger charge is 2.17. The van der Waals surface area contributed by atoms with E-state index in [9.17, 15) is 4.79 Å². The fourth-order valence-corrected chi connectivity index (χ4v) is 1.82. The summed E-state index contributed by atoms with van der Waals surface area (Å²) in [4.78, 5) is 17.0. The molecule has 0 aliphatic rings. The summed E-state index contributed by atoms with van der Waals surface area (Å²) in [5.41, 5.74) is 10.5. The minimum absolute atomic E-state index is 0.151. The second-order valence-corrected chi connectivity index (χ2v) is 4.03. The van der Waals surface area contributed by atoms with Crippen LogP contribution in [0.2, 0.25) is 0 Å². The Labute approximate surface area is 111 Å². The first-order valence-electron chi connectivity index (χ1n) is 5.83. The maximum absolute atomic E-state index is 12.4. The number of anilines is 1. The lowest BCUT2D eigenvalue weighted by atomic mass is 10.1. The Morgan fingerprint density at radius 3 is 2.42 bits per heavy atom. The summed E-state index contributed by atoms with van der Waals surface area (Å²) >= 11 is 0. The molecule has 0 N–H and O–H groups in total. The average molecular weight is 251 g/mol.